The van der Waals surface area contributed by atoms with E-state index in [0.29, 0.717) is 0 Å². The average Bonchev–Trinajstić information content (AvgIpc) is 2.99. The van der Waals surface area contributed by atoms with Crippen LogP contribution in [0.1, 0.15) is 29.7 Å². The second kappa shape index (κ2) is 6.54. The number of rotatable bonds is 2. The molecule has 106 valence electrons. The Morgan fingerprint density at radius 2 is 1.71 bits per heavy atom. The van der Waals surface area contributed by atoms with Crippen molar-refractivity contribution in [3.05, 3.63) is 67.8 Å². The van der Waals surface area contributed by atoms with Crippen molar-refractivity contribution in [2.75, 3.05) is 0 Å². The summed E-state index contributed by atoms with van der Waals surface area (Å²) in [5.74, 6) is 0.206. The summed E-state index contributed by atoms with van der Waals surface area (Å²) in [6.07, 6.45) is 6.87. The molecule has 2 aromatic rings. The van der Waals surface area contributed by atoms with E-state index < -0.39 is 0 Å². The molecule has 1 aromatic carbocycles. The van der Waals surface area contributed by atoms with E-state index in [-0.39, 0.29) is 5.78 Å². The zero-order chi connectivity index (χ0) is 14.7. The second-order valence-corrected chi connectivity index (χ2v) is 6.98. The van der Waals surface area contributed by atoms with Crippen LogP contribution in [0, 0.1) is 0 Å². The van der Waals surface area contributed by atoms with Crippen molar-refractivity contribution in [1.29, 1.82) is 0 Å². The molecule has 0 unspecified atom stereocenters. The summed E-state index contributed by atoms with van der Waals surface area (Å²) in [5, 5.41) is 2.04. The van der Waals surface area contributed by atoms with Gasteiger partial charge in [-0.2, -0.15) is 0 Å². The van der Waals surface area contributed by atoms with Crippen LogP contribution in [-0.2, 0) is 4.79 Å². The molecular formula is C18H15BrOS. The van der Waals surface area contributed by atoms with E-state index in [9.17, 15) is 4.79 Å². The molecule has 0 amide bonds. The van der Waals surface area contributed by atoms with Gasteiger partial charge in [0.2, 0.25) is 0 Å². The maximum Gasteiger partial charge on any atom is 0.185 e. The van der Waals surface area contributed by atoms with Crippen LogP contribution in [0.5, 0.6) is 0 Å². The molecule has 3 heteroatoms. The van der Waals surface area contributed by atoms with Crippen molar-refractivity contribution in [2.45, 2.75) is 19.3 Å². The summed E-state index contributed by atoms with van der Waals surface area (Å²) in [6, 6.07) is 12.1. The number of thiophene rings is 1. The van der Waals surface area contributed by atoms with E-state index in [4.69, 9.17) is 0 Å². The zero-order valence-corrected chi connectivity index (χ0v) is 13.9. The predicted molar refractivity (Wildman–Crippen MR) is 93.3 cm³/mol. The molecule has 0 saturated heterocycles. The number of benzene rings is 1. The Bertz CT molecular complexity index is 693. The molecule has 0 bridgehead atoms. The topological polar surface area (TPSA) is 17.1 Å². The van der Waals surface area contributed by atoms with Crippen LogP contribution in [0.15, 0.2) is 57.4 Å². The van der Waals surface area contributed by atoms with Gasteiger partial charge in [0, 0.05) is 20.5 Å². The monoisotopic (exact) mass is 358 g/mol. The van der Waals surface area contributed by atoms with Gasteiger partial charge in [0.05, 0.1) is 0 Å². The second-order valence-electron chi connectivity index (χ2n) is 5.09. The van der Waals surface area contributed by atoms with Crippen LogP contribution in [0.3, 0.4) is 0 Å². The molecule has 0 aliphatic heterocycles. The summed E-state index contributed by atoms with van der Waals surface area (Å²) in [4.78, 5) is 13.7. The molecule has 1 nitrogen and oxygen atoms in total. The summed E-state index contributed by atoms with van der Waals surface area (Å²) in [7, 11) is 0. The molecule has 0 radical (unpaired) electrons. The number of Topliss-reactive ketones (excluding diaryl/α,β-unsaturated/α-hetero) is 1. The molecule has 0 N–H and O–H groups in total. The molecule has 1 fully saturated rings. The molecular weight excluding hydrogens is 344 g/mol. The van der Waals surface area contributed by atoms with Gasteiger partial charge in [-0.1, -0.05) is 34.1 Å². The number of carbonyl (C=O) groups is 1. The summed E-state index contributed by atoms with van der Waals surface area (Å²) in [6.45, 7) is 0. The molecule has 0 atom stereocenters. The maximum absolute atomic E-state index is 12.6. The normalized spacial score (nSPS) is 19.4. The fourth-order valence-corrected chi connectivity index (χ4v) is 3.43. The SMILES string of the molecule is O=C1C(=Cc2ccc(Br)cc2)CCCC1=Cc1cccs1. The highest BCUT2D eigenvalue weighted by Gasteiger charge is 2.20. The van der Waals surface area contributed by atoms with Crippen molar-refractivity contribution in [3.63, 3.8) is 0 Å². The highest BCUT2D eigenvalue weighted by atomic mass is 79.9. The van der Waals surface area contributed by atoms with Crippen molar-refractivity contribution in [1.82, 2.24) is 0 Å². The first-order valence-corrected chi connectivity index (χ1v) is 8.64. The summed E-state index contributed by atoms with van der Waals surface area (Å²) >= 11 is 5.10. The van der Waals surface area contributed by atoms with E-state index in [0.717, 1.165) is 45.3 Å². The molecule has 1 aromatic heterocycles. The van der Waals surface area contributed by atoms with Gasteiger partial charge in [0.25, 0.3) is 0 Å². The summed E-state index contributed by atoms with van der Waals surface area (Å²) < 4.78 is 1.05. The van der Waals surface area contributed by atoms with Gasteiger partial charge >= 0.3 is 0 Å². The Morgan fingerprint density at radius 1 is 1.00 bits per heavy atom. The number of halogens is 1. The molecule has 3 rings (SSSR count). The van der Waals surface area contributed by atoms with E-state index in [1.54, 1.807) is 11.3 Å². The standard InChI is InChI=1S/C18H15BrOS/c19-16-8-6-13(7-9-16)11-14-3-1-4-15(18(14)20)12-17-5-2-10-21-17/h2,5-12H,1,3-4H2. The minimum Gasteiger partial charge on any atom is -0.289 e. The fourth-order valence-electron chi connectivity index (χ4n) is 2.48. The number of ketones is 1. The van der Waals surface area contributed by atoms with Crippen LogP contribution in [0.25, 0.3) is 12.2 Å². The number of hydrogen-bond donors (Lipinski definition) is 0. The van der Waals surface area contributed by atoms with Crippen LogP contribution in [-0.4, -0.2) is 5.78 Å². The lowest BCUT2D eigenvalue weighted by atomic mass is 9.87. The number of allylic oxidation sites excluding steroid dienone is 2. The third kappa shape index (κ3) is 3.60. The van der Waals surface area contributed by atoms with Gasteiger partial charge < -0.3 is 0 Å². The molecule has 21 heavy (non-hydrogen) atoms. The van der Waals surface area contributed by atoms with E-state index in [2.05, 4.69) is 22.0 Å². The Balaban J connectivity index is 1.86. The molecule has 1 aliphatic carbocycles. The van der Waals surface area contributed by atoms with Gasteiger partial charge in [0.1, 0.15) is 0 Å². The molecule has 0 spiro atoms. The van der Waals surface area contributed by atoms with Crippen LogP contribution >= 0.6 is 27.3 Å². The van der Waals surface area contributed by atoms with E-state index >= 15 is 0 Å². The lowest BCUT2D eigenvalue weighted by Gasteiger charge is -2.16. The summed E-state index contributed by atoms with van der Waals surface area (Å²) in [5.41, 5.74) is 2.94. The first-order valence-electron chi connectivity index (χ1n) is 6.97. The maximum atomic E-state index is 12.6. The van der Waals surface area contributed by atoms with Gasteiger partial charge in [-0.15, -0.1) is 11.3 Å². The lowest BCUT2D eigenvalue weighted by molar-refractivity contribution is -0.112. The molecule has 1 aliphatic rings. The highest BCUT2D eigenvalue weighted by molar-refractivity contribution is 9.10. The average molecular weight is 359 g/mol. The third-order valence-corrected chi connectivity index (χ3v) is 4.89. The third-order valence-electron chi connectivity index (χ3n) is 3.55. The van der Waals surface area contributed by atoms with Crippen LogP contribution < -0.4 is 0 Å². The van der Waals surface area contributed by atoms with Crippen molar-refractivity contribution in [2.24, 2.45) is 0 Å². The van der Waals surface area contributed by atoms with Crippen LogP contribution in [0.4, 0.5) is 0 Å². The highest BCUT2D eigenvalue weighted by Crippen LogP contribution is 2.29. The Kier molecular flexibility index (Phi) is 4.51. The van der Waals surface area contributed by atoms with Gasteiger partial charge in [-0.25, -0.2) is 0 Å². The minimum atomic E-state index is 0.206. The van der Waals surface area contributed by atoms with E-state index in [1.165, 1.54) is 0 Å². The Morgan fingerprint density at radius 3 is 2.38 bits per heavy atom. The zero-order valence-electron chi connectivity index (χ0n) is 11.5. The van der Waals surface area contributed by atoms with Gasteiger partial charge in [-0.3, -0.25) is 4.79 Å². The number of carbonyl (C=O) groups excluding carboxylic acids is 1. The first kappa shape index (κ1) is 14.5. The van der Waals surface area contributed by atoms with Gasteiger partial charge in [-0.05, 0) is 60.6 Å². The lowest BCUT2D eigenvalue weighted by Crippen LogP contribution is -2.12. The van der Waals surface area contributed by atoms with Crippen molar-refractivity contribution in [3.8, 4) is 0 Å². The Hall–Kier alpha value is -1.45. The van der Waals surface area contributed by atoms with Crippen molar-refractivity contribution >= 4 is 45.2 Å². The Labute approximate surface area is 137 Å². The minimum absolute atomic E-state index is 0.206. The quantitative estimate of drug-likeness (QED) is 0.626. The molecule has 1 saturated carbocycles. The van der Waals surface area contributed by atoms with Crippen LogP contribution in [0.2, 0.25) is 0 Å². The van der Waals surface area contributed by atoms with Gasteiger partial charge in [0.15, 0.2) is 5.78 Å². The smallest absolute Gasteiger partial charge is 0.185 e. The number of hydrogen-bond acceptors (Lipinski definition) is 2. The van der Waals surface area contributed by atoms with Crippen molar-refractivity contribution < 1.29 is 4.79 Å². The molecule has 1 heterocycles. The van der Waals surface area contributed by atoms with E-state index in [1.807, 2.05) is 47.9 Å². The fraction of sp³-hybridized carbons (Fsp3) is 0.167. The first-order chi connectivity index (χ1) is 10.2. The predicted octanol–water partition coefficient (Wildman–Crippen LogP) is 5.73. The largest absolute Gasteiger partial charge is 0.289 e.